The summed E-state index contributed by atoms with van der Waals surface area (Å²) in [6.45, 7) is 6.35. The molecule has 2 rings (SSSR count). The largest absolute Gasteiger partial charge is 0.311 e. The lowest BCUT2D eigenvalue weighted by atomic mass is 10.1. The van der Waals surface area contributed by atoms with Crippen LogP contribution in [0.15, 0.2) is 30.5 Å². The molecule has 0 aliphatic heterocycles. The first-order chi connectivity index (χ1) is 8.69. The van der Waals surface area contributed by atoms with Gasteiger partial charge in [0.05, 0.1) is 12.2 Å². The Morgan fingerprint density at radius 1 is 1.33 bits per heavy atom. The lowest BCUT2D eigenvalue weighted by Gasteiger charge is -2.06. The van der Waals surface area contributed by atoms with Crippen molar-refractivity contribution in [2.24, 2.45) is 0 Å². The van der Waals surface area contributed by atoms with Crippen molar-refractivity contribution in [3.63, 3.8) is 0 Å². The number of nitrogens with zero attached hydrogens (tertiary/aromatic N) is 2. The molecule has 0 bridgehead atoms. The van der Waals surface area contributed by atoms with E-state index in [1.165, 1.54) is 6.07 Å². The molecule has 0 saturated heterocycles. The average molecular weight is 247 g/mol. The molecule has 1 N–H and O–H groups in total. The second-order valence-electron chi connectivity index (χ2n) is 4.36. The summed E-state index contributed by atoms with van der Waals surface area (Å²) < 4.78 is 15.0. The van der Waals surface area contributed by atoms with Crippen molar-refractivity contribution in [1.82, 2.24) is 15.1 Å². The SMILES string of the molecule is CCNCc1ccn(Cc2cc(F)ccc2C)n1. The van der Waals surface area contributed by atoms with Gasteiger partial charge in [0.2, 0.25) is 0 Å². The van der Waals surface area contributed by atoms with Crippen LogP contribution < -0.4 is 5.32 Å². The molecule has 4 heteroatoms. The Morgan fingerprint density at radius 2 is 2.17 bits per heavy atom. The molecule has 0 unspecified atom stereocenters. The van der Waals surface area contributed by atoms with Crippen molar-refractivity contribution in [2.45, 2.75) is 26.9 Å². The summed E-state index contributed by atoms with van der Waals surface area (Å²) in [5.41, 5.74) is 3.05. The second kappa shape index (κ2) is 5.78. The molecule has 18 heavy (non-hydrogen) atoms. The number of nitrogens with one attached hydrogen (secondary N) is 1. The van der Waals surface area contributed by atoms with Crippen molar-refractivity contribution in [3.8, 4) is 0 Å². The van der Waals surface area contributed by atoms with E-state index in [0.29, 0.717) is 6.54 Å². The van der Waals surface area contributed by atoms with Crippen molar-refractivity contribution in [2.75, 3.05) is 6.54 Å². The Labute approximate surface area is 107 Å². The fourth-order valence-electron chi connectivity index (χ4n) is 1.82. The number of benzene rings is 1. The summed E-state index contributed by atoms with van der Waals surface area (Å²) in [6, 6.07) is 6.84. The first-order valence-corrected chi connectivity index (χ1v) is 6.17. The van der Waals surface area contributed by atoms with E-state index in [1.54, 1.807) is 12.1 Å². The van der Waals surface area contributed by atoms with Crippen LogP contribution in [-0.4, -0.2) is 16.3 Å². The van der Waals surface area contributed by atoms with E-state index >= 15 is 0 Å². The molecular formula is C14H18FN3. The van der Waals surface area contributed by atoms with Crippen LogP contribution in [0, 0.1) is 12.7 Å². The van der Waals surface area contributed by atoms with E-state index in [0.717, 1.165) is 29.9 Å². The van der Waals surface area contributed by atoms with Gasteiger partial charge in [0.1, 0.15) is 5.82 Å². The molecule has 0 aliphatic carbocycles. The highest BCUT2D eigenvalue weighted by Gasteiger charge is 2.03. The predicted molar refractivity (Wildman–Crippen MR) is 69.8 cm³/mol. The minimum Gasteiger partial charge on any atom is -0.311 e. The molecule has 0 fully saturated rings. The third-order valence-electron chi connectivity index (χ3n) is 2.90. The van der Waals surface area contributed by atoms with Gasteiger partial charge in [-0.05, 0) is 42.8 Å². The van der Waals surface area contributed by atoms with Gasteiger partial charge in [-0.25, -0.2) is 4.39 Å². The monoisotopic (exact) mass is 247 g/mol. The standard InChI is InChI=1S/C14H18FN3/c1-3-16-9-14-6-7-18(17-14)10-12-8-13(15)5-4-11(12)2/h4-8,16H,3,9-10H2,1-2H3. The highest BCUT2D eigenvalue weighted by molar-refractivity contribution is 5.26. The Kier molecular flexibility index (Phi) is 4.10. The van der Waals surface area contributed by atoms with Gasteiger partial charge in [0, 0.05) is 12.7 Å². The van der Waals surface area contributed by atoms with Crippen molar-refractivity contribution >= 4 is 0 Å². The van der Waals surface area contributed by atoms with Crippen LogP contribution in [0.4, 0.5) is 4.39 Å². The Bertz CT molecular complexity index is 520. The molecule has 2 aromatic rings. The lowest BCUT2D eigenvalue weighted by molar-refractivity contribution is 0.613. The number of rotatable bonds is 5. The van der Waals surface area contributed by atoms with Crippen LogP contribution in [0.1, 0.15) is 23.7 Å². The summed E-state index contributed by atoms with van der Waals surface area (Å²) in [7, 11) is 0. The third-order valence-corrected chi connectivity index (χ3v) is 2.90. The Morgan fingerprint density at radius 3 is 2.94 bits per heavy atom. The lowest BCUT2D eigenvalue weighted by Crippen LogP contribution is -2.12. The van der Waals surface area contributed by atoms with E-state index in [9.17, 15) is 4.39 Å². The molecule has 0 amide bonds. The molecule has 0 spiro atoms. The molecule has 0 aliphatic rings. The van der Waals surface area contributed by atoms with E-state index in [4.69, 9.17) is 0 Å². The number of hydrogen-bond donors (Lipinski definition) is 1. The number of aryl methyl sites for hydroxylation is 1. The summed E-state index contributed by atoms with van der Waals surface area (Å²) in [5.74, 6) is -0.198. The fraction of sp³-hybridized carbons (Fsp3) is 0.357. The third kappa shape index (κ3) is 3.17. The van der Waals surface area contributed by atoms with Gasteiger partial charge in [-0.3, -0.25) is 4.68 Å². The maximum Gasteiger partial charge on any atom is 0.123 e. The molecule has 0 radical (unpaired) electrons. The summed E-state index contributed by atoms with van der Waals surface area (Å²) in [5, 5.41) is 7.67. The van der Waals surface area contributed by atoms with E-state index in [2.05, 4.69) is 17.3 Å². The summed E-state index contributed by atoms with van der Waals surface area (Å²) in [6.07, 6.45) is 1.93. The topological polar surface area (TPSA) is 29.9 Å². The zero-order valence-corrected chi connectivity index (χ0v) is 10.8. The summed E-state index contributed by atoms with van der Waals surface area (Å²) in [4.78, 5) is 0. The Hall–Kier alpha value is -1.68. The van der Waals surface area contributed by atoms with E-state index in [-0.39, 0.29) is 5.82 Å². The van der Waals surface area contributed by atoms with Gasteiger partial charge in [0.15, 0.2) is 0 Å². The first kappa shape index (κ1) is 12.8. The van der Waals surface area contributed by atoms with Gasteiger partial charge in [-0.1, -0.05) is 13.0 Å². The molecule has 1 heterocycles. The van der Waals surface area contributed by atoms with E-state index < -0.39 is 0 Å². The molecule has 1 aromatic carbocycles. The molecule has 96 valence electrons. The van der Waals surface area contributed by atoms with Gasteiger partial charge in [0.25, 0.3) is 0 Å². The smallest absolute Gasteiger partial charge is 0.123 e. The normalized spacial score (nSPS) is 10.8. The minimum atomic E-state index is -0.198. The average Bonchev–Trinajstić information content (AvgIpc) is 2.79. The van der Waals surface area contributed by atoms with Gasteiger partial charge >= 0.3 is 0 Å². The molecule has 0 atom stereocenters. The van der Waals surface area contributed by atoms with Gasteiger partial charge < -0.3 is 5.32 Å². The maximum atomic E-state index is 13.2. The Balaban J connectivity index is 2.08. The van der Waals surface area contributed by atoms with Crippen molar-refractivity contribution < 1.29 is 4.39 Å². The van der Waals surface area contributed by atoms with Gasteiger partial charge in [-0.2, -0.15) is 5.10 Å². The quantitative estimate of drug-likeness (QED) is 0.879. The first-order valence-electron chi connectivity index (χ1n) is 6.17. The number of halogens is 1. The fourth-order valence-corrected chi connectivity index (χ4v) is 1.82. The highest BCUT2D eigenvalue weighted by Crippen LogP contribution is 2.11. The maximum absolute atomic E-state index is 13.2. The molecule has 0 saturated carbocycles. The molecule has 1 aromatic heterocycles. The van der Waals surface area contributed by atoms with Crippen molar-refractivity contribution in [3.05, 3.63) is 53.1 Å². The number of hydrogen-bond acceptors (Lipinski definition) is 2. The van der Waals surface area contributed by atoms with Crippen LogP contribution >= 0.6 is 0 Å². The zero-order chi connectivity index (χ0) is 13.0. The van der Waals surface area contributed by atoms with Crippen LogP contribution in [-0.2, 0) is 13.1 Å². The van der Waals surface area contributed by atoms with Crippen LogP contribution in [0.25, 0.3) is 0 Å². The van der Waals surface area contributed by atoms with Crippen LogP contribution in [0.2, 0.25) is 0 Å². The van der Waals surface area contributed by atoms with Crippen LogP contribution in [0.3, 0.4) is 0 Å². The molecule has 3 nitrogen and oxygen atoms in total. The summed E-state index contributed by atoms with van der Waals surface area (Å²) >= 11 is 0. The minimum absolute atomic E-state index is 0.198. The van der Waals surface area contributed by atoms with Crippen LogP contribution in [0.5, 0.6) is 0 Å². The van der Waals surface area contributed by atoms with Gasteiger partial charge in [-0.15, -0.1) is 0 Å². The zero-order valence-electron chi connectivity index (χ0n) is 10.8. The number of aromatic nitrogens is 2. The second-order valence-corrected chi connectivity index (χ2v) is 4.36. The predicted octanol–water partition coefficient (Wildman–Crippen LogP) is 2.49. The van der Waals surface area contributed by atoms with E-state index in [1.807, 2.05) is 23.9 Å². The molecular weight excluding hydrogens is 229 g/mol. The highest BCUT2D eigenvalue weighted by atomic mass is 19.1. The van der Waals surface area contributed by atoms with Crippen molar-refractivity contribution in [1.29, 1.82) is 0 Å².